The zero-order chi connectivity index (χ0) is 20.2. The molecule has 2 aliphatic heterocycles. The fraction of sp³-hybridized carbons (Fsp3) is 0.381. The standard InChI is InChI=1S/C21H23Cl2N3O3/c22-17-3-1-2-16(20(17)23)21(27)24-18-5-4-15(25-6-10-28-11-7-25)14-19(18)26-8-12-29-13-9-26/h1-5,14H,6-13H2,(H,24,27). The average molecular weight is 436 g/mol. The molecule has 2 saturated heterocycles. The second-order valence-corrected chi connectivity index (χ2v) is 7.74. The lowest BCUT2D eigenvalue weighted by atomic mass is 10.1. The fourth-order valence-corrected chi connectivity index (χ4v) is 3.97. The first-order valence-corrected chi connectivity index (χ1v) is 10.4. The second-order valence-electron chi connectivity index (χ2n) is 6.96. The summed E-state index contributed by atoms with van der Waals surface area (Å²) < 4.78 is 11.0. The molecule has 1 N–H and O–H groups in total. The monoisotopic (exact) mass is 435 g/mol. The number of hydrogen-bond acceptors (Lipinski definition) is 5. The zero-order valence-corrected chi connectivity index (χ0v) is 17.5. The SMILES string of the molecule is O=C(Nc1ccc(N2CCOCC2)cc1N1CCOCC1)c1cccc(Cl)c1Cl. The van der Waals surface area contributed by atoms with E-state index >= 15 is 0 Å². The number of nitrogens with one attached hydrogen (secondary N) is 1. The molecule has 2 heterocycles. The van der Waals surface area contributed by atoms with E-state index in [2.05, 4.69) is 21.2 Å². The van der Waals surface area contributed by atoms with Crippen molar-refractivity contribution in [3.63, 3.8) is 0 Å². The summed E-state index contributed by atoms with van der Waals surface area (Å²) in [6.45, 7) is 6.02. The van der Waals surface area contributed by atoms with Gasteiger partial charge in [0.05, 0.1) is 53.4 Å². The molecule has 6 nitrogen and oxygen atoms in total. The maximum absolute atomic E-state index is 12.9. The molecule has 0 spiro atoms. The molecule has 0 atom stereocenters. The lowest BCUT2D eigenvalue weighted by molar-refractivity contribution is 0.102. The molecule has 0 radical (unpaired) electrons. The Hall–Kier alpha value is -1.99. The molecule has 0 aromatic heterocycles. The highest BCUT2D eigenvalue weighted by Gasteiger charge is 2.21. The summed E-state index contributed by atoms with van der Waals surface area (Å²) in [5, 5.41) is 3.63. The predicted octanol–water partition coefficient (Wildman–Crippen LogP) is 3.92. The molecule has 0 aliphatic carbocycles. The van der Waals surface area contributed by atoms with Crippen molar-refractivity contribution in [2.24, 2.45) is 0 Å². The van der Waals surface area contributed by atoms with Crippen molar-refractivity contribution in [3.05, 3.63) is 52.0 Å². The van der Waals surface area contributed by atoms with E-state index in [0.29, 0.717) is 23.8 Å². The van der Waals surface area contributed by atoms with Crippen LogP contribution >= 0.6 is 23.2 Å². The van der Waals surface area contributed by atoms with Crippen LogP contribution in [0, 0.1) is 0 Å². The highest BCUT2D eigenvalue weighted by Crippen LogP contribution is 2.33. The number of ether oxygens (including phenoxy) is 2. The number of hydrogen-bond donors (Lipinski definition) is 1. The molecule has 4 rings (SSSR count). The van der Waals surface area contributed by atoms with E-state index in [0.717, 1.165) is 56.5 Å². The Bertz CT molecular complexity index is 881. The number of anilines is 3. The highest BCUT2D eigenvalue weighted by molar-refractivity contribution is 6.44. The minimum Gasteiger partial charge on any atom is -0.378 e. The molecule has 0 unspecified atom stereocenters. The number of carbonyl (C=O) groups is 1. The number of carbonyl (C=O) groups excluding carboxylic acids is 1. The van der Waals surface area contributed by atoms with E-state index in [1.807, 2.05) is 12.1 Å². The number of halogens is 2. The molecule has 2 aromatic carbocycles. The Morgan fingerprint density at radius 1 is 0.897 bits per heavy atom. The van der Waals surface area contributed by atoms with Crippen molar-refractivity contribution in [2.45, 2.75) is 0 Å². The molecule has 154 valence electrons. The molecule has 1 amide bonds. The van der Waals surface area contributed by atoms with Crippen molar-refractivity contribution in [3.8, 4) is 0 Å². The minimum atomic E-state index is -0.286. The van der Waals surface area contributed by atoms with E-state index in [1.165, 1.54) is 0 Å². The van der Waals surface area contributed by atoms with Gasteiger partial charge in [-0.2, -0.15) is 0 Å². The van der Waals surface area contributed by atoms with Crippen molar-refractivity contribution >= 4 is 46.2 Å². The van der Waals surface area contributed by atoms with Gasteiger partial charge in [-0.25, -0.2) is 0 Å². The fourth-order valence-electron chi connectivity index (χ4n) is 3.58. The molecule has 8 heteroatoms. The van der Waals surface area contributed by atoms with Crippen LogP contribution in [-0.4, -0.2) is 58.5 Å². The summed E-state index contributed by atoms with van der Waals surface area (Å²) >= 11 is 12.3. The first-order chi connectivity index (χ1) is 14.1. The van der Waals surface area contributed by atoms with Crippen molar-refractivity contribution < 1.29 is 14.3 Å². The van der Waals surface area contributed by atoms with Crippen LogP contribution in [0.25, 0.3) is 0 Å². The lowest BCUT2D eigenvalue weighted by Crippen LogP contribution is -2.38. The van der Waals surface area contributed by atoms with Gasteiger partial charge in [0, 0.05) is 31.9 Å². The third-order valence-corrected chi connectivity index (χ3v) is 5.97. The van der Waals surface area contributed by atoms with E-state index in [1.54, 1.807) is 18.2 Å². The molecular formula is C21H23Cl2N3O3. The highest BCUT2D eigenvalue weighted by atomic mass is 35.5. The summed E-state index contributed by atoms with van der Waals surface area (Å²) in [6, 6.07) is 11.2. The van der Waals surface area contributed by atoms with E-state index in [-0.39, 0.29) is 10.9 Å². The third kappa shape index (κ3) is 4.61. The van der Waals surface area contributed by atoms with Gasteiger partial charge in [0.15, 0.2) is 0 Å². The van der Waals surface area contributed by atoms with Gasteiger partial charge in [0.1, 0.15) is 0 Å². The van der Waals surface area contributed by atoms with Gasteiger partial charge < -0.3 is 24.6 Å². The topological polar surface area (TPSA) is 54.0 Å². The van der Waals surface area contributed by atoms with Crippen LogP contribution in [0.3, 0.4) is 0 Å². The quantitative estimate of drug-likeness (QED) is 0.788. The van der Waals surface area contributed by atoms with Crippen LogP contribution in [0.15, 0.2) is 36.4 Å². The van der Waals surface area contributed by atoms with Gasteiger partial charge in [-0.3, -0.25) is 4.79 Å². The molecule has 29 heavy (non-hydrogen) atoms. The zero-order valence-electron chi connectivity index (χ0n) is 16.0. The van der Waals surface area contributed by atoms with Crippen LogP contribution < -0.4 is 15.1 Å². The normalized spacial score (nSPS) is 17.3. The van der Waals surface area contributed by atoms with E-state index in [4.69, 9.17) is 32.7 Å². The molecule has 0 bridgehead atoms. The molecular weight excluding hydrogens is 413 g/mol. The molecule has 2 aromatic rings. The number of benzene rings is 2. The maximum atomic E-state index is 12.9. The van der Waals surface area contributed by atoms with Crippen molar-refractivity contribution in [2.75, 3.05) is 67.7 Å². The number of amides is 1. The van der Waals surface area contributed by atoms with Gasteiger partial charge in [-0.1, -0.05) is 29.3 Å². The second kappa shape index (κ2) is 9.22. The number of rotatable bonds is 4. The van der Waals surface area contributed by atoms with Gasteiger partial charge in [0.25, 0.3) is 5.91 Å². The summed E-state index contributed by atoms with van der Waals surface area (Å²) in [6.07, 6.45) is 0. The van der Waals surface area contributed by atoms with Crippen LogP contribution in [0.1, 0.15) is 10.4 Å². The minimum absolute atomic E-state index is 0.254. The largest absolute Gasteiger partial charge is 0.378 e. The smallest absolute Gasteiger partial charge is 0.257 e. The van der Waals surface area contributed by atoms with Crippen LogP contribution in [-0.2, 0) is 9.47 Å². The average Bonchev–Trinajstić information content (AvgIpc) is 2.77. The van der Waals surface area contributed by atoms with Crippen LogP contribution in [0.2, 0.25) is 10.0 Å². The van der Waals surface area contributed by atoms with Crippen molar-refractivity contribution in [1.82, 2.24) is 0 Å². The number of nitrogens with zero attached hydrogens (tertiary/aromatic N) is 2. The van der Waals surface area contributed by atoms with E-state index < -0.39 is 0 Å². The Morgan fingerprint density at radius 3 is 2.24 bits per heavy atom. The Labute approximate surface area is 180 Å². The molecule has 0 saturated carbocycles. The first-order valence-electron chi connectivity index (χ1n) is 9.68. The van der Waals surface area contributed by atoms with Crippen molar-refractivity contribution in [1.29, 1.82) is 0 Å². The summed E-state index contributed by atoms with van der Waals surface area (Å²) in [5.74, 6) is -0.286. The Kier molecular flexibility index (Phi) is 6.45. The Balaban J connectivity index is 1.64. The Morgan fingerprint density at radius 2 is 1.55 bits per heavy atom. The number of morpholine rings is 2. The summed E-state index contributed by atoms with van der Waals surface area (Å²) in [5.41, 5.74) is 3.19. The van der Waals surface area contributed by atoms with Gasteiger partial charge in [-0.15, -0.1) is 0 Å². The van der Waals surface area contributed by atoms with Crippen LogP contribution in [0.4, 0.5) is 17.1 Å². The first kappa shape index (κ1) is 20.3. The van der Waals surface area contributed by atoms with Gasteiger partial charge >= 0.3 is 0 Å². The predicted molar refractivity (Wildman–Crippen MR) is 117 cm³/mol. The van der Waals surface area contributed by atoms with E-state index in [9.17, 15) is 4.79 Å². The van der Waals surface area contributed by atoms with Gasteiger partial charge in [0.2, 0.25) is 0 Å². The van der Waals surface area contributed by atoms with Gasteiger partial charge in [-0.05, 0) is 30.3 Å². The lowest BCUT2D eigenvalue weighted by Gasteiger charge is -2.33. The van der Waals surface area contributed by atoms with Crippen LogP contribution in [0.5, 0.6) is 0 Å². The molecule has 2 aliphatic rings. The molecule has 2 fully saturated rings. The summed E-state index contributed by atoms with van der Waals surface area (Å²) in [4.78, 5) is 17.4. The third-order valence-electron chi connectivity index (χ3n) is 5.15. The summed E-state index contributed by atoms with van der Waals surface area (Å²) in [7, 11) is 0. The maximum Gasteiger partial charge on any atom is 0.257 e.